The number of benzene rings is 2. The number of carbonyl (C=O) groups excluding carboxylic acids is 1. The highest BCUT2D eigenvalue weighted by molar-refractivity contribution is 7.22. The summed E-state index contributed by atoms with van der Waals surface area (Å²) < 4.78 is 1.27. The average Bonchev–Trinajstić information content (AvgIpc) is 3.06. The fourth-order valence-corrected chi connectivity index (χ4v) is 5.15. The number of piperazine rings is 1. The SMILES string of the molecule is Cc1cc(CC=O)cc(CN2CCN(c3nc4ccc(C)cc4s3)CC2C)c1. The van der Waals surface area contributed by atoms with Gasteiger partial charge in [0.05, 0.1) is 10.2 Å². The lowest BCUT2D eigenvalue weighted by Gasteiger charge is -2.40. The summed E-state index contributed by atoms with van der Waals surface area (Å²) in [7, 11) is 0. The first-order chi connectivity index (χ1) is 13.5. The molecule has 0 bridgehead atoms. The number of nitrogens with zero attached hydrogens (tertiary/aromatic N) is 3. The lowest BCUT2D eigenvalue weighted by molar-refractivity contribution is -0.107. The topological polar surface area (TPSA) is 36.4 Å². The predicted octanol–water partition coefficient (Wildman–Crippen LogP) is 4.37. The minimum atomic E-state index is 0.456. The zero-order chi connectivity index (χ0) is 19.7. The van der Waals surface area contributed by atoms with E-state index in [0.29, 0.717) is 12.5 Å². The van der Waals surface area contributed by atoms with Crippen molar-refractivity contribution in [2.24, 2.45) is 0 Å². The molecule has 4 rings (SSSR count). The van der Waals surface area contributed by atoms with Gasteiger partial charge < -0.3 is 9.69 Å². The van der Waals surface area contributed by atoms with Crippen LogP contribution in [0.3, 0.4) is 0 Å². The normalized spacial score (nSPS) is 18.0. The number of fused-ring (bicyclic) bond motifs is 1. The van der Waals surface area contributed by atoms with Crippen LogP contribution in [0.4, 0.5) is 5.13 Å². The van der Waals surface area contributed by atoms with Crippen LogP contribution in [-0.4, -0.2) is 41.8 Å². The Balaban J connectivity index is 1.45. The van der Waals surface area contributed by atoms with Crippen LogP contribution in [0.25, 0.3) is 10.2 Å². The Kier molecular flexibility index (Phi) is 5.47. The van der Waals surface area contributed by atoms with Crippen molar-refractivity contribution in [2.45, 2.75) is 39.8 Å². The van der Waals surface area contributed by atoms with Gasteiger partial charge in [-0.25, -0.2) is 4.98 Å². The van der Waals surface area contributed by atoms with E-state index in [4.69, 9.17) is 4.98 Å². The van der Waals surface area contributed by atoms with Gasteiger partial charge >= 0.3 is 0 Å². The molecule has 5 heteroatoms. The van der Waals surface area contributed by atoms with E-state index in [1.54, 1.807) is 11.3 Å². The van der Waals surface area contributed by atoms with Gasteiger partial charge in [-0.15, -0.1) is 0 Å². The van der Waals surface area contributed by atoms with E-state index in [1.807, 2.05) is 0 Å². The zero-order valence-corrected chi connectivity index (χ0v) is 17.6. The first-order valence-electron chi connectivity index (χ1n) is 9.91. The summed E-state index contributed by atoms with van der Waals surface area (Å²) in [5, 5.41) is 1.14. The largest absolute Gasteiger partial charge is 0.345 e. The second kappa shape index (κ2) is 8.02. The lowest BCUT2D eigenvalue weighted by atomic mass is 10.0. The molecule has 0 spiro atoms. The third-order valence-electron chi connectivity index (χ3n) is 5.47. The van der Waals surface area contributed by atoms with Crippen LogP contribution < -0.4 is 4.90 Å². The maximum absolute atomic E-state index is 10.9. The average molecular weight is 394 g/mol. The number of aromatic nitrogens is 1. The molecule has 0 saturated carbocycles. The maximum Gasteiger partial charge on any atom is 0.186 e. The molecule has 2 aromatic carbocycles. The summed E-state index contributed by atoms with van der Waals surface area (Å²) in [5.41, 5.74) is 6.02. The van der Waals surface area contributed by atoms with Gasteiger partial charge in [0.25, 0.3) is 0 Å². The molecule has 0 aliphatic carbocycles. The van der Waals surface area contributed by atoms with Crippen LogP contribution in [0.2, 0.25) is 0 Å². The van der Waals surface area contributed by atoms with Crippen LogP contribution in [0.15, 0.2) is 36.4 Å². The van der Waals surface area contributed by atoms with Crippen molar-refractivity contribution in [3.63, 3.8) is 0 Å². The van der Waals surface area contributed by atoms with Crippen molar-refractivity contribution in [2.75, 3.05) is 24.5 Å². The molecule has 28 heavy (non-hydrogen) atoms. The molecule has 3 aromatic rings. The fourth-order valence-electron chi connectivity index (χ4n) is 4.05. The van der Waals surface area contributed by atoms with Gasteiger partial charge in [-0.2, -0.15) is 0 Å². The summed E-state index contributed by atoms with van der Waals surface area (Å²) in [6, 6.07) is 13.5. The molecule has 0 amide bonds. The predicted molar refractivity (Wildman–Crippen MR) is 117 cm³/mol. The van der Waals surface area contributed by atoms with Crippen molar-refractivity contribution >= 4 is 33.0 Å². The Hall–Kier alpha value is -2.24. The second-order valence-corrected chi connectivity index (χ2v) is 8.94. The van der Waals surface area contributed by atoms with Crippen LogP contribution in [0.5, 0.6) is 0 Å². The minimum absolute atomic E-state index is 0.456. The molecule has 1 unspecified atom stereocenters. The number of thiazole rings is 1. The van der Waals surface area contributed by atoms with Gasteiger partial charge in [0.2, 0.25) is 0 Å². The number of hydrogen-bond acceptors (Lipinski definition) is 5. The first kappa shape index (κ1) is 19.1. The van der Waals surface area contributed by atoms with E-state index in [1.165, 1.54) is 21.4 Å². The molecule has 1 aliphatic heterocycles. The summed E-state index contributed by atoms with van der Waals surface area (Å²) >= 11 is 1.80. The van der Waals surface area contributed by atoms with Gasteiger partial charge in [0, 0.05) is 38.6 Å². The standard InChI is InChI=1S/C23H27N3OS/c1-16-4-5-21-22(12-16)28-23(24-21)26-8-7-25(18(3)14-26)15-20-11-17(2)10-19(13-20)6-9-27/h4-5,9-13,18H,6-8,14-15H2,1-3H3. The van der Waals surface area contributed by atoms with E-state index < -0.39 is 0 Å². The van der Waals surface area contributed by atoms with Crippen molar-refractivity contribution in [1.82, 2.24) is 9.88 Å². The quantitative estimate of drug-likeness (QED) is 0.603. The fraction of sp³-hybridized carbons (Fsp3) is 0.391. The Morgan fingerprint density at radius 1 is 1.11 bits per heavy atom. The molecule has 1 aromatic heterocycles. The van der Waals surface area contributed by atoms with Gasteiger partial charge in [0.1, 0.15) is 6.29 Å². The van der Waals surface area contributed by atoms with Gasteiger partial charge in [-0.1, -0.05) is 41.2 Å². The highest BCUT2D eigenvalue weighted by Crippen LogP contribution is 2.31. The number of carbonyl (C=O) groups is 1. The lowest BCUT2D eigenvalue weighted by Crippen LogP contribution is -2.51. The molecule has 0 N–H and O–H groups in total. The number of rotatable bonds is 5. The third-order valence-corrected chi connectivity index (χ3v) is 6.55. The zero-order valence-electron chi connectivity index (χ0n) is 16.8. The summed E-state index contributed by atoms with van der Waals surface area (Å²) in [4.78, 5) is 20.7. The molecule has 1 aliphatic rings. The maximum atomic E-state index is 10.9. The molecule has 4 nitrogen and oxygen atoms in total. The molecule has 1 atom stereocenters. The van der Waals surface area contributed by atoms with Crippen LogP contribution in [0, 0.1) is 13.8 Å². The molecular formula is C23H27N3OS. The van der Waals surface area contributed by atoms with Gasteiger partial charge in [-0.3, -0.25) is 4.90 Å². The van der Waals surface area contributed by atoms with Crippen LogP contribution in [0.1, 0.15) is 29.2 Å². The Bertz CT molecular complexity index is 997. The highest BCUT2D eigenvalue weighted by Gasteiger charge is 2.25. The Labute approximate surface area is 170 Å². The highest BCUT2D eigenvalue weighted by atomic mass is 32.1. The smallest absolute Gasteiger partial charge is 0.186 e. The van der Waals surface area contributed by atoms with E-state index >= 15 is 0 Å². The Morgan fingerprint density at radius 2 is 1.93 bits per heavy atom. The number of hydrogen-bond donors (Lipinski definition) is 0. The summed E-state index contributed by atoms with van der Waals surface area (Å²) in [6.07, 6.45) is 1.48. The van der Waals surface area contributed by atoms with Crippen molar-refractivity contribution < 1.29 is 4.79 Å². The van der Waals surface area contributed by atoms with Crippen molar-refractivity contribution in [1.29, 1.82) is 0 Å². The van der Waals surface area contributed by atoms with Crippen LogP contribution in [-0.2, 0) is 17.8 Å². The molecular weight excluding hydrogens is 366 g/mol. The minimum Gasteiger partial charge on any atom is -0.345 e. The van der Waals surface area contributed by atoms with Crippen molar-refractivity contribution in [3.05, 3.63) is 58.7 Å². The molecule has 1 fully saturated rings. The van der Waals surface area contributed by atoms with Crippen LogP contribution >= 0.6 is 11.3 Å². The van der Waals surface area contributed by atoms with E-state index in [0.717, 1.165) is 48.7 Å². The van der Waals surface area contributed by atoms with Gasteiger partial charge in [-0.05, 0) is 49.6 Å². The molecule has 2 heterocycles. The molecule has 146 valence electrons. The van der Waals surface area contributed by atoms with Gasteiger partial charge in [0.15, 0.2) is 5.13 Å². The number of aldehydes is 1. The summed E-state index contributed by atoms with van der Waals surface area (Å²) in [6.45, 7) is 10.5. The number of anilines is 1. The third kappa shape index (κ3) is 4.10. The summed E-state index contributed by atoms with van der Waals surface area (Å²) in [5.74, 6) is 0. The monoisotopic (exact) mass is 393 g/mol. The Morgan fingerprint density at radius 3 is 2.71 bits per heavy atom. The molecule has 0 radical (unpaired) electrons. The van der Waals surface area contributed by atoms with E-state index in [-0.39, 0.29) is 0 Å². The second-order valence-electron chi connectivity index (χ2n) is 7.93. The van der Waals surface area contributed by atoms with Crippen molar-refractivity contribution in [3.8, 4) is 0 Å². The van der Waals surface area contributed by atoms with E-state index in [2.05, 4.69) is 67.0 Å². The molecule has 1 saturated heterocycles. The van der Waals surface area contributed by atoms with E-state index in [9.17, 15) is 4.79 Å². The number of aryl methyl sites for hydroxylation is 2. The first-order valence-corrected chi connectivity index (χ1v) is 10.7.